The van der Waals surface area contributed by atoms with Gasteiger partial charge in [-0.2, -0.15) is 4.31 Å². The average molecular weight is 599 g/mol. The molecule has 1 aliphatic carbocycles. The molecule has 3 N–H and O–H groups in total. The van der Waals surface area contributed by atoms with Gasteiger partial charge in [0.25, 0.3) is 0 Å². The molecule has 0 radical (unpaired) electrons. The Balaban J connectivity index is 1.18. The van der Waals surface area contributed by atoms with Crippen molar-refractivity contribution in [1.29, 1.82) is 0 Å². The summed E-state index contributed by atoms with van der Waals surface area (Å²) in [6, 6.07) is 17.7. The monoisotopic (exact) mass is 598 g/mol. The molecule has 2 aromatic carbocycles. The topological polar surface area (TPSA) is 114 Å². The molecule has 9 nitrogen and oxygen atoms in total. The lowest BCUT2D eigenvalue weighted by molar-refractivity contribution is 0.0730. The Morgan fingerprint density at radius 3 is 2.49 bits per heavy atom. The van der Waals surface area contributed by atoms with Crippen molar-refractivity contribution in [2.45, 2.75) is 49.5 Å². The molecule has 4 aromatic rings. The molecule has 2 aromatic heterocycles. The van der Waals surface area contributed by atoms with Gasteiger partial charge >= 0.3 is 0 Å². The number of hydrogen-bond acceptors (Lipinski definition) is 8. The molecule has 3 aliphatic rings. The van der Waals surface area contributed by atoms with E-state index in [9.17, 15) is 8.42 Å². The number of sulfonamides is 1. The van der Waals surface area contributed by atoms with Crippen LogP contribution in [0.15, 0.2) is 65.7 Å². The molecule has 7 rings (SSSR count). The number of benzene rings is 2. The number of morpholine rings is 1. The molecule has 43 heavy (non-hydrogen) atoms. The molecular weight excluding hydrogens is 560 g/mol. The van der Waals surface area contributed by atoms with Gasteiger partial charge in [0, 0.05) is 55.2 Å². The maximum Gasteiger partial charge on any atom is 0.243 e. The second-order valence-corrected chi connectivity index (χ2v) is 13.7. The van der Waals surface area contributed by atoms with Crippen molar-refractivity contribution in [2.24, 2.45) is 5.73 Å². The second kappa shape index (κ2) is 11.8. The van der Waals surface area contributed by atoms with Crippen molar-refractivity contribution in [3.05, 3.63) is 72.1 Å². The smallest absolute Gasteiger partial charge is 0.243 e. The number of aryl methyl sites for hydroxylation is 1. The minimum Gasteiger partial charge on any atom is -0.379 e. The standard InChI is InChI=1S/C33H38N6O3S/c34-25-13-15-38(22-25)33-28-4-2-1-3-5-30(28)37-31-11-6-23(20-29(31)33)24-12-14-35-32(21-24)36-26-7-9-27(10-8-26)43(40,41)39-16-18-42-19-17-39/h6-12,14,20-21,25H,1-5,13,15-19,22,34H2,(H,35,36)/t25-/m0/s1. The molecule has 2 aliphatic heterocycles. The van der Waals surface area contributed by atoms with Crippen LogP contribution < -0.4 is 16.0 Å². The van der Waals surface area contributed by atoms with E-state index in [1.807, 2.05) is 12.1 Å². The molecule has 0 bridgehead atoms. The number of ether oxygens (including phenoxy) is 1. The molecular formula is C33H38N6O3S. The first kappa shape index (κ1) is 28.2. The highest BCUT2D eigenvalue weighted by atomic mass is 32.2. The Kier molecular flexibility index (Phi) is 7.77. The second-order valence-electron chi connectivity index (χ2n) is 11.8. The molecule has 1 atom stereocenters. The van der Waals surface area contributed by atoms with Gasteiger partial charge in [-0.05, 0) is 97.3 Å². The van der Waals surface area contributed by atoms with Crippen molar-refractivity contribution in [1.82, 2.24) is 14.3 Å². The van der Waals surface area contributed by atoms with E-state index < -0.39 is 10.0 Å². The van der Waals surface area contributed by atoms with E-state index in [1.165, 1.54) is 45.9 Å². The summed E-state index contributed by atoms with van der Waals surface area (Å²) in [4.78, 5) is 12.5. The van der Waals surface area contributed by atoms with Crippen molar-refractivity contribution in [3.8, 4) is 11.1 Å². The highest BCUT2D eigenvalue weighted by Gasteiger charge is 2.27. The summed E-state index contributed by atoms with van der Waals surface area (Å²) < 4.78 is 32.8. The Morgan fingerprint density at radius 1 is 0.907 bits per heavy atom. The number of rotatable bonds is 6. The summed E-state index contributed by atoms with van der Waals surface area (Å²) in [7, 11) is -3.54. The lowest BCUT2D eigenvalue weighted by atomic mass is 9.97. The third kappa shape index (κ3) is 5.72. The van der Waals surface area contributed by atoms with Gasteiger partial charge in [-0.25, -0.2) is 13.4 Å². The van der Waals surface area contributed by atoms with Crippen molar-refractivity contribution in [2.75, 3.05) is 49.6 Å². The molecule has 0 saturated carbocycles. The van der Waals surface area contributed by atoms with Crippen LogP contribution in [0.2, 0.25) is 0 Å². The van der Waals surface area contributed by atoms with Crippen LogP contribution in [0.4, 0.5) is 17.2 Å². The minimum atomic E-state index is -3.54. The van der Waals surface area contributed by atoms with Gasteiger partial charge in [-0.3, -0.25) is 4.98 Å². The summed E-state index contributed by atoms with van der Waals surface area (Å²) in [5.74, 6) is 0.687. The van der Waals surface area contributed by atoms with E-state index in [2.05, 4.69) is 33.4 Å². The number of aromatic nitrogens is 2. The largest absolute Gasteiger partial charge is 0.379 e. The van der Waals surface area contributed by atoms with Crippen LogP contribution in [0, 0.1) is 0 Å². The van der Waals surface area contributed by atoms with Gasteiger partial charge in [0.15, 0.2) is 0 Å². The maximum absolute atomic E-state index is 13.0. The van der Waals surface area contributed by atoms with Crippen LogP contribution in [0.1, 0.15) is 36.9 Å². The van der Waals surface area contributed by atoms with Crippen molar-refractivity contribution >= 4 is 38.1 Å². The molecule has 0 amide bonds. The van der Waals surface area contributed by atoms with Crippen LogP contribution in [0.5, 0.6) is 0 Å². The molecule has 0 spiro atoms. The van der Waals surface area contributed by atoms with E-state index in [0.717, 1.165) is 54.7 Å². The number of nitrogens with one attached hydrogen (secondary N) is 1. The van der Waals surface area contributed by atoms with Gasteiger partial charge in [0.05, 0.1) is 29.3 Å². The summed E-state index contributed by atoms with van der Waals surface area (Å²) >= 11 is 0. The van der Waals surface area contributed by atoms with Crippen LogP contribution in [-0.2, 0) is 27.6 Å². The zero-order valence-corrected chi connectivity index (χ0v) is 25.2. The predicted molar refractivity (Wildman–Crippen MR) is 170 cm³/mol. The minimum absolute atomic E-state index is 0.204. The average Bonchev–Trinajstić information content (AvgIpc) is 3.32. The van der Waals surface area contributed by atoms with Crippen LogP contribution in [-0.4, -0.2) is 68.1 Å². The lowest BCUT2D eigenvalue weighted by Gasteiger charge is -2.26. The Morgan fingerprint density at radius 2 is 1.70 bits per heavy atom. The normalized spacial score (nSPS) is 19.7. The summed E-state index contributed by atoms with van der Waals surface area (Å²) in [5, 5.41) is 4.53. The predicted octanol–water partition coefficient (Wildman–Crippen LogP) is 4.87. The third-order valence-corrected chi connectivity index (χ3v) is 10.8. The summed E-state index contributed by atoms with van der Waals surface area (Å²) in [5.41, 5.74) is 14.3. The highest BCUT2D eigenvalue weighted by molar-refractivity contribution is 7.89. The quantitative estimate of drug-likeness (QED) is 0.303. The Labute approximate surface area is 253 Å². The summed E-state index contributed by atoms with van der Waals surface area (Å²) in [6.07, 6.45) is 8.57. The fraction of sp³-hybridized carbons (Fsp3) is 0.394. The maximum atomic E-state index is 13.0. The number of nitrogens with zero attached hydrogens (tertiary/aromatic N) is 4. The number of pyridine rings is 2. The van der Waals surface area contributed by atoms with Gasteiger partial charge in [0.1, 0.15) is 5.82 Å². The molecule has 224 valence electrons. The van der Waals surface area contributed by atoms with Crippen LogP contribution in [0.25, 0.3) is 22.0 Å². The van der Waals surface area contributed by atoms with E-state index in [0.29, 0.717) is 32.1 Å². The van der Waals surface area contributed by atoms with E-state index >= 15 is 0 Å². The highest BCUT2D eigenvalue weighted by Crippen LogP contribution is 2.39. The first-order valence-electron chi connectivity index (χ1n) is 15.3. The SMILES string of the molecule is N[C@H]1CCN(c2c3c(nc4ccc(-c5ccnc(Nc6ccc(S(=O)(=O)N7CCOCC7)cc6)c5)cc24)CCCCC3)C1. The van der Waals surface area contributed by atoms with E-state index in [1.54, 1.807) is 30.5 Å². The lowest BCUT2D eigenvalue weighted by Crippen LogP contribution is -2.40. The van der Waals surface area contributed by atoms with Gasteiger partial charge < -0.3 is 20.7 Å². The van der Waals surface area contributed by atoms with E-state index in [-0.39, 0.29) is 10.9 Å². The first-order valence-corrected chi connectivity index (χ1v) is 16.8. The Hall–Kier alpha value is -3.57. The zero-order valence-electron chi connectivity index (χ0n) is 24.3. The van der Waals surface area contributed by atoms with Gasteiger partial charge in [-0.1, -0.05) is 12.5 Å². The number of anilines is 3. The van der Waals surface area contributed by atoms with Crippen LogP contribution >= 0.6 is 0 Å². The van der Waals surface area contributed by atoms with Crippen molar-refractivity contribution < 1.29 is 13.2 Å². The van der Waals surface area contributed by atoms with Crippen LogP contribution in [0.3, 0.4) is 0 Å². The molecule has 4 heterocycles. The number of nitrogens with two attached hydrogens (primary N) is 1. The van der Waals surface area contributed by atoms with Gasteiger partial charge in [0.2, 0.25) is 10.0 Å². The molecule has 2 fully saturated rings. The first-order chi connectivity index (χ1) is 21.0. The van der Waals surface area contributed by atoms with Crippen molar-refractivity contribution in [3.63, 3.8) is 0 Å². The van der Waals surface area contributed by atoms with Gasteiger partial charge in [-0.15, -0.1) is 0 Å². The molecule has 2 saturated heterocycles. The Bertz CT molecular complexity index is 1740. The fourth-order valence-electron chi connectivity index (χ4n) is 6.58. The zero-order chi connectivity index (χ0) is 29.4. The van der Waals surface area contributed by atoms with E-state index in [4.69, 9.17) is 15.5 Å². The molecule has 10 heteroatoms. The number of hydrogen-bond donors (Lipinski definition) is 2. The fourth-order valence-corrected chi connectivity index (χ4v) is 7.99. The molecule has 0 unspecified atom stereocenters. The number of fused-ring (bicyclic) bond motifs is 2. The summed E-state index contributed by atoms with van der Waals surface area (Å²) in [6.45, 7) is 3.45. The third-order valence-electron chi connectivity index (χ3n) is 8.85.